The lowest BCUT2D eigenvalue weighted by Crippen LogP contribution is -2.58. The number of nitrogens with zero attached hydrogens (tertiary/aromatic N) is 1. The lowest BCUT2D eigenvalue weighted by Gasteiger charge is -2.42. The number of fused-ring (bicyclic) bond motifs is 1. The van der Waals surface area contributed by atoms with Crippen molar-refractivity contribution in [3.8, 4) is 0 Å². The molecule has 2 fully saturated rings. The molecular weight excluding hydrogens is 348 g/mol. The van der Waals surface area contributed by atoms with E-state index in [-0.39, 0.29) is 35.8 Å². The Kier molecular flexibility index (Phi) is 4.81. The van der Waals surface area contributed by atoms with Crippen molar-refractivity contribution in [3.05, 3.63) is 52.9 Å². The number of aromatic nitrogens is 1. The van der Waals surface area contributed by atoms with E-state index < -0.39 is 0 Å². The van der Waals surface area contributed by atoms with Crippen LogP contribution >= 0.6 is 0 Å². The van der Waals surface area contributed by atoms with Crippen molar-refractivity contribution in [2.24, 2.45) is 5.92 Å². The molecule has 0 unspecified atom stereocenters. The second-order valence-corrected chi connectivity index (χ2v) is 6.94. The molecule has 8 nitrogen and oxygen atoms in total. The summed E-state index contributed by atoms with van der Waals surface area (Å²) in [7, 11) is 0. The summed E-state index contributed by atoms with van der Waals surface area (Å²) in [5.41, 5.74) is 2.22. The van der Waals surface area contributed by atoms with Gasteiger partial charge in [0.1, 0.15) is 12.0 Å². The molecule has 2 aliphatic rings. The van der Waals surface area contributed by atoms with Crippen LogP contribution < -0.4 is 16.0 Å². The number of amides is 3. The number of rotatable bonds is 4. The molecule has 2 aromatic rings. The predicted octanol–water partition coefficient (Wildman–Crippen LogP) is 2.02. The maximum atomic E-state index is 12.1. The van der Waals surface area contributed by atoms with E-state index in [9.17, 15) is 9.59 Å². The third-order valence-electron chi connectivity index (χ3n) is 4.98. The highest BCUT2D eigenvalue weighted by Gasteiger charge is 2.39. The first-order valence-corrected chi connectivity index (χ1v) is 9.09. The van der Waals surface area contributed by atoms with E-state index in [4.69, 9.17) is 9.26 Å². The summed E-state index contributed by atoms with van der Waals surface area (Å²) in [4.78, 5) is 24.1. The van der Waals surface area contributed by atoms with Gasteiger partial charge in [-0.3, -0.25) is 4.79 Å². The van der Waals surface area contributed by atoms with Crippen LogP contribution in [0.1, 0.15) is 46.3 Å². The second-order valence-electron chi connectivity index (χ2n) is 6.94. The summed E-state index contributed by atoms with van der Waals surface area (Å²) in [6, 6.07) is 9.14. The molecule has 0 aliphatic carbocycles. The van der Waals surface area contributed by atoms with Crippen molar-refractivity contribution >= 4 is 11.9 Å². The molecule has 27 heavy (non-hydrogen) atoms. The molecule has 0 bridgehead atoms. The van der Waals surface area contributed by atoms with Gasteiger partial charge in [0.05, 0.1) is 6.04 Å². The number of hydrogen-bond acceptors (Lipinski definition) is 5. The molecule has 1 aromatic carbocycles. The Hall–Kier alpha value is -2.87. The standard InChI is InChI=1S/C19H22N4O4/c1-11-8-15(23-27-11)17(24)20-10-12-4-2-5-13(9-12)16-14-6-3-7-26-18(14)22-19(25)21-16/h2,4-5,8-9,14,16,18H,3,6-7,10H2,1H3,(H,20,24)(H2,21,22,25)/t14-,16-,18-/m0/s1. The van der Waals surface area contributed by atoms with Gasteiger partial charge in [0.2, 0.25) is 0 Å². The van der Waals surface area contributed by atoms with Crippen LogP contribution in [-0.2, 0) is 11.3 Å². The van der Waals surface area contributed by atoms with Crippen molar-refractivity contribution in [2.45, 2.75) is 38.6 Å². The normalized spacial score (nSPS) is 24.5. The Morgan fingerprint density at radius 1 is 1.33 bits per heavy atom. The number of benzene rings is 1. The van der Waals surface area contributed by atoms with Gasteiger partial charge in [-0.25, -0.2) is 4.79 Å². The molecule has 3 heterocycles. The van der Waals surface area contributed by atoms with Gasteiger partial charge in [-0.05, 0) is 30.9 Å². The van der Waals surface area contributed by atoms with Gasteiger partial charge in [-0.2, -0.15) is 0 Å². The molecular formula is C19H22N4O4. The monoisotopic (exact) mass is 370 g/mol. The Morgan fingerprint density at radius 3 is 3.04 bits per heavy atom. The Morgan fingerprint density at radius 2 is 2.22 bits per heavy atom. The van der Waals surface area contributed by atoms with Crippen LogP contribution in [0.15, 0.2) is 34.9 Å². The molecule has 3 N–H and O–H groups in total. The highest BCUT2D eigenvalue weighted by Crippen LogP contribution is 2.34. The largest absolute Gasteiger partial charge is 0.361 e. The first kappa shape index (κ1) is 17.5. The van der Waals surface area contributed by atoms with E-state index in [1.807, 2.05) is 24.3 Å². The summed E-state index contributed by atoms with van der Waals surface area (Å²) < 4.78 is 10.6. The molecule has 2 aliphatic heterocycles. The minimum atomic E-state index is -0.284. The zero-order valence-electron chi connectivity index (χ0n) is 15.0. The molecule has 1 aromatic heterocycles. The van der Waals surface area contributed by atoms with Gasteiger partial charge in [0.25, 0.3) is 5.91 Å². The van der Waals surface area contributed by atoms with Crippen LogP contribution in [0.2, 0.25) is 0 Å². The van der Waals surface area contributed by atoms with Gasteiger partial charge in [0, 0.05) is 25.1 Å². The van der Waals surface area contributed by atoms with Crippen molar-refractivity contribution < 1.29 is 18.8 Å². The molecule has 2 saturated heterocycles. The first-order chi connectivity index (χ1) is 13.1. The van der Waals surface area contributed by atoms with Crippen LogP contribution in [0.4, 0.5) is 4.79 Å². The quantitative estimate of drug-likeness (QED) is 0.764. The third kappa shape index (κ3) is 3.80. The lowest BCUT2D eigenvalue weighted by atomic mass is 9.85. The van der Waals surface area contributed by atoms with E-state index in [1.165, 1.54) is 0 Å². The van der Waals surface area contributed by atoms with Gasteiger partial charge >= 0.3 is 6.03 Å². The molecule has 3 atom stereocenters. The summed E-state index contributed by atoms with van der Waals surface area (Å²) >= 11 is 0. The molecule has 8 heteroatoms. The maximum absolute atomic E-state index is 12.1. The zero-order chi connectivity index (χ0) is 18.8. The summed E-state index contributed by atoms with van der Waals surface area (Å²) in [6.45, 7) is 2.77. The summed E-state index contributed by atoms with van der Waals surface area (Å²) in [5.74, 6) is 0.487. The van der Waals surface area contributed by atoms with Crippen molar-refractivity contribution in [3.63, 3.8) is 0 Å². The van der Waals surface area contributed by atoms with Gasteiger partial charge in [-0.1, -0.05) is 29.4 Å². The Bertz CT molecular complexity index is 850. The van der Waals surface area contributed by atoms with Crippen molar-refractivity contribution in [2.75, 3.05) is 6.61 Å². The first-order valence-electron chi connectivity index (χ1n) is 9.09. The van der Waals surface area contributed by atoms with Gasteiger partial charge < -0.3 is 25.2 Å². The number of aryl methyl sites for hydroxylation is 1. The number of nitrogens with one attached hydrogen (secondary N) is 3. The number of hydrogen-bond donors (Lipinski definition) is 3. The highest BCUT2D eigenvalue weighted by molar-refractivity contribution is 5.92. The van der Waals surface area contributed by atoms with Crippen LogP contribution in [0, 0.1) is 12.8 Å². The smallest absolute Gasteiger partial charge is 0.317 e. The van der Waals surface area contributed by atoms with E-state index in [0.29, 0.717) is 18.9 Å². The average molecular weight is 370 g/mol. The molecule has 4 rings (SSSR count). The second kappa shape index (κ2) is 7.40. The lowest BCUT2D eigenvalue weighted by molar-refractivity contribution is -0.0602. The van der Waals surface area contributed by atoms with Crippen LogP contribution in [0.5, 0.6) is 0 Å². The fourth-order valence-electron chi connectivity index (χ4n) is 3.69. The molecule has 0 spiro atoms. The van der Waals surface area contributed by atoms with Crippen LogP contribution in [0.3, 0.4) is 0 Å². The average Bonchev–Trinajstić information content (AvgIpc) is 3.12. The molecule has 0 radical (unpaired) electrons. The van der Waals surface area contributed by atoms with E-state index in [1.54, 1.807) is 13.0 Å². The topological polar surface area (TPSA) is 105 Å². The Labute approximate surface area is 156 Å². The zero-order valence-corrected chi connectivity index (χ0v) is 15.0. The molecule has 142 valence electrons. The maximum Gasteiger partial charge on any atom is 0.317 e. The summed E-state index contributed by atoms with van der Waals surface area (Å²) in [6.07, 6.45) is 1.70. The van der Waals surface area contributed by atoms with Gasteiger partial charge in [-0.15, -0.1) is 0 Å². The molecule has 3 amide bonds. The predicted molar refractivity (Wildman–Crippen MR) is 95.7 cm³/mol. The Balaban J connectivity index is 1.46. The summed E-state index contributed by atoms with van der Waals surface area (Å²) in [5, 5.41) is 12.4. The third-order valence-corrected chi connectivity index (χ3v) is 4.98. The van der Waals surface area contributed by atoms with Gasteiger partial charge in [0.15, 0.2) is 5.69 Å². The molecule has 0 saturated carbocycles. The van der Waals surface area contributed by atoms with Crippen molar-refractivity contribution in [1.82, 2.24) is 21.1 Å². The minimum absolute atomic E-state index is 0.113. The fourth-order valence-corrected chi connectivity index (χ4v) is 3.69. The SMILES string of the molecule is Cc1cc(C(=O)NCc2cccc([C@@H]3NC(=O)N[C@H]4OCCC[C@H]43)c2)no1. The number of carbonyl (C=O) groups excluding carboxylic acids is 2. The highest BCUT2D eigenvalue weighted by atomic mass is 16.5. The minimum Gasteiger partial charge on any atom is -0.361 e. The number of carbonyl (C=O) groups is 2. The number of urea groups is 1. The fraction of sp³-hybridized carbons (Fsp3) is 0.421. The number of ether oxygens (including phenoxy) is 1. The van der Waals surface area contributed by atoms with E-state index in [2.05, 4.69) is 21.1 Å². The van der Waals surface area contributed by atoms with E-state index >= 15 is 0 Å². The van der Waals surface area contributed by atoms with Crippen molar-refractivity contribution in [1.29, 1.82) is 0 Å². The van der Waals surface area contributed by atoms with E-state index in [0.717, 1.165) is 24.0 Å². The van der Waals surface area contributed by atoms with Crippen LogP contribution in [0.25, 0.3) is 0 Å². The van der Waals surface area contributed by atoms with Crippen LogP contribution in [-0.4, -0.2) is 29.9 Å².